The highest BCUT2D eigenvalue weighted by molar-refractivity contribution is 6.00. The van der Waals surface area contributed by atoms with E-state index in [1.807, 2.05) is 7.11 Å². The molecule has 1 aliphatic carbocycles. The summed E-state index contributed by atoms with van der Waals surface area (Å²) in [7, 11) is 1.91. The van der Waals surface area contributed by atoms with Crippen molar-refractivity contribution < 1.29 is 19.1 Å². The minimum absolute atomic E-state index is 0.00340. The molecule has 5 heteroatoms. The van der Waals surface area contributed by atoms with E-state index in [1.165, 1.54) is 82.6 Å². The number of carbonyl (C=O) groups excluding carboxylic acids is 1. The average molecular weight is 512 g/mol. The van der Waals surface area contributed by atoms with E-state index in [0.717, 1.165) is 61.9 Å². The first-order chi connectivity index (χ1) is 18.1. The van der Waals surface area contributed by atoms with Gasteiger partial charge in [-0.3, -0.25) is 9.28 Å². The van der Waals surface area contributed by atoms with Crippen LogP contribution in [0.15, 0.2) is 12.3 Å². The van der Waals surface area contributed by atoms with Gasteiger partial charge in [0.15, 0.2) is 12.0 Å². The monoisotopic (exact) mass is 511 g/mol. The average Bonchev–Trinajstić information content (AvgIpc) is 3.37. The summed E-state index contributed by atoms with van der Waals surface area (Å²) in [6.45, 7) is 3.03. The SMILES string of the molecule is CO[C@H]1[C@@H]2C[C@]34CCCCCCCCCCn5ccc2c5C(=O)[C@@H]3[C@H]2[C@H](O)CCCCCCCC[N+]21C4. The van der Waals surface area contributed by atoms with Crippen LogP contribution in [0.25, 0.3) is 0 Å². The zero-order valence-electron chi connectivity index (χ0n) is 23.3. The smallest absolute Gasteiger partial charge is 0.200 e. The Hall–Kier alpha value is -1.17. The number of fused-ring (bicyclic) bond motifs is 2. The molecule has 206 valence electrons. The minimum Gasteiger partial charge on any atom is -0.387 e. The number of hydrogen-bond donors (Lipinski definition) is 1. The predicted molar refractivity (Wildman–Crippen MR) is 147 cm³/mol. The largest absolute Gasteiger partial charge is 0.387 e. The molecule has 37 heavy (non-hydrogen) atoms. The number of aliphatic hydroxyl groups is 1. The molecular formula is C32H51N2O3+. The summed E-state index contributed by atoms with van der Waals surface area (Å²) in [6.07, 6.45) is 22.4. The van der Waals surface area contributed by atoms with Gasteiger partial charge in [-0.2, -0.15) is 0 Å². The summed E-state index contributed by atoms with van der Waals surface area (Å²) in [5, 5.41) is 12.0. The molecule has 0 radical (unpaired) electrons. The molecule has 4 aliphatic heterocycles. The number of Topliss-reactive ketones (excluding diaryl/α,β-unsaturated/α-hetero) is 1. The fourth-order valence-corrected chi connectivity index (χ4v) is 9.99. The number of aromatic nitrogens is 1. The van der Waals surface area contributed by atoms with Crippen molar-refractivity contribution in [3.63, 3.8) is 0 Å². The van der Waals surface area contributed by atoms with Gasteiger partial charge in [-0.05, 0) is 50.2 Å². The number of aliphatic hydroxyl groups excluding tert-OH is 1. The second-order valence-electron chi connectivity index (χ2n) is 13.5. The van der Waals surface area contributed by atoms with Gasteiger partial charge in [-0.15, -0.1) is 0 Å². The van der Waals surface area contributed by atoms with Crippen LogP contribution in [-0.4, -0.2) is 58.5 Å². The van der Waals surface area contributed by atoms with Crippen molar-refractivity contribution in [3.8, 4) is 0 Å². The van der Waals surface area contributed by atoms with Gasteiger partial charge >= 0.3 is 0 Å². The first-order valence-corrected chi connectivity index (χ1v) is 15.9. The highest BCUT2D eigenvalue weighted by Gasteiger charge is 2.74. The standard InChI is InChI=1S/C32H51N2O3/c1-37-31-25-22-32-18-13-9-5-2-3-6-10-14-19-33-20-17-24(25)28(33)30(36)27(32)29-26(35)16-12-8-4-7-11-15-21-34(29,31)23-32/h17,20,25-27,29,31,35H,2-16,18-19,21-23H2,1H3/q+1/t25-,26-,27+,29-,31+,32+,34?/m1/s1. The highest BCUT2D eigenvalue weighted by Crippen LogP contribution is 2.64. The third kappa shape index (κ3) is 4.36. The molecule has 7 atom stereocenters. The normalized spacial score (nSPS) is 41.4. The minimum atomic E-state index is -0.419. The van der Waals surface area contributed by atoms with E-state index in [4.69, 9.17) is 4.74 Å². The fraction of sp³-hybridized carbons (Fsp3) is 0.844. The van der Waals surface area contributed by atoms with Gasteiger partial charge in [0, 0.05) is 25.3 Å². The molecule has 5 nitrogen and oxygen atoms in total. The Morgan fingerprint density at radius 2 is 1.62 bits per heavy atom. The van der Waals surface area contributed by atoms with E-state index in [0.29, 0.717) is 5.78 Å². The number of ketones is 1. The van der Waals surface area contributed by atoms with Crippen LogP contribution in [0.2, 0.25) is 0 Å². The van der Waals surface area contributed by atoms with E-state index in [2.05, 4.69) is 16.8 Å². The van der Waals surface area contributed by atoms with E-state index in [1.54, 1.807) is 0 Å². The Labute approximate surface area is 224 Å². The Bertz CT molecular complexity index is 958. The maximum Gasteiger partial charge on any atom is 0.200 e. The number of quaternary nitrogens is 1. The van der Waals surface area contributed by atoms with E-state index in [9.17, 15) is 9.90 Å². The van der Waals surface area contributed by atoms with Crippen molar-refractivity contribution in [2.45, 2.75) is 140 Å². The lowest BCUT2D eigenvalue weighted by atomic mass is 9.65. The third-order valence-electron chi connectivity index (χ3n) is 11.4. The molecule has 1 unspecified atom stereocenters. The number of nitrogens with zero attached hydrogens (tertiary/aromatic N) is 2. The molecule has 0 aromatic carbocycles. The van der Waals surface area contributed by atoms with Crippen LogP contribution in [-0.2, 0) is 11.3 Å². The van der Waals surface area contributed by atoms with Gasteiger partial charge in [0.1, 0.15) is 12.1 Å². The van der Waals surface area contributed by atoms with Crippen LogP contribution in [0, 0.1) is 11.3 Å². The Balaban J connectivity index is 1.50. The molecule has 5 heterocycles. The Kier molecular flexibility index (Phi) is 7.59. The molecule has 1 aromatic heterocycles. The van der Waals surface area contributed by atoms with Crippen molar-refractivity contribution in [1.29, 1.82) is 0 Å². The van der Waals surface area contributed by atoms with Crippen LogP contribution in [0.4, 0.5) is 0 Å². The summed E-state index contributed by atoms with van der Waals surface area (Å²) in [5.74, 6) is 0.538. The molecule has 2 spiro atoms. The summed E-state index contributed by atoms with van der Waals surface area (Å²) in [6, 6.07) is 2.26. The van der Waals surface area contributed by atoms with Crippen molar-refractivity contribution in [2.24, 2.45) is 11.3 Å². The van der Waals surface area contributed by atoms with Gasteiger partial charge in [0.05, 0.1) is 30.6 Å². The van der Waals surface area contributed by atoms with Crippen LogP contribution in [0.5, 0.6) is 0 Å². The van der Waals surface area contributed by atoms with Crippen LogP contribution in [0.3, 0.4) is 0 Å². The van der Waals surface area contributed by atoms with E-state index in [-0.39, 0.29) is 29.5 Å². The fourth-order valence-electron chi connectivity index (χ4n) is 9.99. The number of ether oxygens (including phenoxy) is 1. The molecule has 0 amide bonds. The van der Waals surface area contributed by atoms with Crippen molar-refractivity contribution in [1.82, 2.24) is 4.57 Å². The molecule has 3 saturated heterocycles. The summed E-state index contributed by atoms with van der Waals surface area (Å²) in [4.78, 5) is 14.9. The Morgan fingerprint density at radius 1 is 0.946 bits per heavy atom. The number of methoxy groups -OCH3 is 1. The zero-order valence-corrected chi connectivity index (χ0v) is 23.3. The molecule has 0 saturated carbocycles. The van der Waals surface area contributed by atoms with Gasteiger partial charge in [0.25, 0.3) is 0 Å². The van der Waals surface area contributed by atoms with E-state index < -0.39 is 6.10 Å². The highest BCUT2D eigenvalue weighted by atomic mass is 16.5. The van der Waals surface area contributed by atoms with E-state index >= 15 is 0 Å². The van der Waals surface area contributed by atoms with Crippen LogP contribution < -0.4 is 0 Å². The van der Waals surface area contributed by atoms with Gasteiger partial charge in [-0.1, -0.05) is 70.6 Å². The molecule has 4 bridgehead atoms. The lowest BCUT2D eigenvalue weighted by molar-refractivity contribution is -0.993. The van der Waals surface area contributed by atoms with Crippen LogP contribution >= 0.6 is 0 Å². The van der Waals surface area contributed by atoms with Gasteiger partial charge in [-0.25, -0.2) is 0 Å². The first kappa shape index (κ1) is 26.1. The van der Waals surface area contributed by atoms with Crippen molar-refractivity contribution >= 4 is 5.78 Å². The summed E-state index contributed by atoms with van der Waals surface area (Å²) < 4.78 is 9.68. The predicted octanol–water partition coefficient (Wildman–Crippen LogP) is 6.58. The van der Waals surface area contributed by atoms with Gasteiger partial charge in [0.2, 0.25) is 0 Å². The number of carbonyl (C=O) groups is 1. The molecule has 1 aromatic rings. The first-order valence-electron chi connectivity index (χ1n) is 15.9. The molecule has 6 rings (SSSR count). The third-order valence-corrected chi connectivity index (χ3v) is 11.4. The summed E-state index contributed by atoms with van der Waals surface area (Å²) >= 11 is 0. The molecule has 1 N–H and O–H groups in total. The second kappa shape index (κ2) is 10.8. The molecule has 5 aliphatic rings. The second-order valence-corrected chi connectivity index (χ2v) is 13.5. The number of hydrogen-bond acceptors (Lipinski definition) is 3. The lowest BCUT2D eigenvalue weighted by Crippen LogP contribution is -2.67. The maximum atomic E-state index is 14.9. The van der Waals surface area contributed by atoms with Crippen LogP contribution in [0.1, 0.15) is 131 Å². The molecular weight excluding hydrogens is 460 g/mol. The number of piperidine rings is 1. The zero-order chi connectivity index (χ0) is 25.5. The lowest BCUT2D eigenvalue weighted by Gasteiger charge is -2.53. The maximum absolute atomic E-state index is 14.9. The van der Waals surface area contributed by atoms with Crippen molar-refractivity contribution in [2.75, 3.05) is 20.2 Å². The number of rotatable bonds is 1. The Morgan fingerprint density at radius 3 is 2.38 bits per heavy atom. The quantitative estimate of drug-likeness (QED) is 0.434. The van der Waals surface area contributed by atoms with Crippen molar-refractivity contribution in [3.05, 3.63) is 23.5 Å². The number of aryl methyl sites for hydroxylation is 1. The van der Waals surface area contributed by atoms with Gasteiger partial charge < -0.3 is 14.4 Å². The summed E-state index contributed by atoms with van der Waals surface area (Å²) in [5.41, 5.74) is 2.24. The molecule has 3 fully saturated rings. The topological polar surface area (TPSA) is 51.5 Å².